The molecule has 0 aromatic carbocycles. The standard InChI is InChI=1S/C11H13N3O3/c1-14(7-9-3-2-4-17-9)6-8-5-10(15)13-11(16)12-8/h2-5H,6-7H2,1H3,(H2,12,13,15,16). The number of hydrogen-bond acceptors (Lipinski definition) is 4. The second-order valence-electron chi connectivity index (χ2n) is 3.86. The van der Waals surface area contributed by atoms with Crippen molar-refractivity contribution in [2.45, 2.75) is 13.1 Å². The maximum absolute atomic E-state index is 11.1. The minimum atomic E-state index is -0.487. The smallest absolute Gasteiger partial charge is 0.325 e. The average molecular weight is 235 g/mol. The summed E-state index contributed by atoms with van der Waals surface area (Å²) in [4.78, 5) is 28.8. The third-order valence-corrected chi connectivity index (χ3v) is 2.26. The molecule has 6 heteroatoms. The van der Waals surface area contributed by atoms with Gasteiger partial charge >= 0.3 is 5.69 Å². The van der Waals surface area contributed by atoms with Crippen LogP contribution in [0.25, 0.3) is 0 Å². The molecule has 2 rings (SSSR count). The molecule has 0 atom stereocenters. The Morgan fingerprint density at radius 3 is 2.76 bits per heavy atom. The third kappa shape index (κ3) is 3.18. The van der Waals surface area contributed by atoms with Gasteiger partial charge in [-0.05, 0) is 19.2 Å². The van der Waals surface area contributed by atoms with Crippen molar-refractivity contribution < 1.29 is 4.42 Å². The number of nitrogens with one attached hydrogen (secondary N) is 2. The summed E-state index contributed by atoms with van der Waals surface area (Å²) < 4.78 is 5.21. The van der Waals surface area contributed by atoms with Gasteiger partial charge in [0.2, 0.25) is 0 Å². The zero-order valence-corrected chi connectivity index (χ0v) is 9.40. The SMILES string of the molecule is CN(Cc1cc(=O)[nH]c(=O)[nH]1)Cc1ccco1. The summed E-state index contributed by atoms with van der Waals surface area (Å²) in [5.74, 6) is 0.833. The molecule has 2 heterocycles. The van der Waals surface area contributed by atoms with Gasteiger partial charge in [-0.3, -0.25) is 14.7 Å². The van der Waals surface area contributed by atoms with Gasteiger partial charge in [0.15, 0.2) is 0 Å². The van der Waals surface area contributed by atoms with Crippen LogP contribution in [0.2, 0.25) is 0 Å². The predicted molar refractivity (Wildman–Crippen MR) is 61.6 cm³/mol. The molecule has 90 valence electrons. The summed E-state index contributed by atoms with van der Waals surface area (Å²) in [6.45, 7) is 1.09. The highest BCUT2D eigenvalue weighted by molar-refractivity contribution is 5.01. The van der Waals surface area contributed by atoms with Crippen LogP contribution < -0.4 is 11.2 Å². The molecule has 0 spiro atoms. The van der Waals surface area contributed by atoms with Crippen molar-refractivity contribution in [1.82, 2.24) is 14.9 Å². The van der Waals surface area contributed by atoms with Gasteiger partial charge in [0.05, 0.1) is 12.8 Å². The lowest BCUT2D eigenvalue weighted by Gasteiger charge is -2.14. The predicted octanol–water partition coefficient (Wildman–Crippen LogP) is 0.288. The minimum Gasteiger partial charge on any atom is -0.468 e. The quantitative estimate of drug-likeness (QED) is 0.797. The normalized spacial score (nSPS) is 10.9. The Morgan fingerprint density at radius 2 is 2.12 bits per heavy atom. The van der Waals surface area contributed by atoms with Gasteiger partial charge in [0.25, 0.3) is 5.56 Å². The molecule has 17 heavy (non-hydrogen) atoms. The monoisotopic (exact) mass is 235 g/mol. The first-order valence-electron chi connectivity index (χ1n) is 5.17. The molecule has 0 aliphatic heterocycles. The van der Waals surface area contributed by atoms with Crippen LogP contribution in [0.4, 0.5) is 0 Å². The van der Waals surface area contributed by atoms with Gasteiger partial charge in [0, 0.05) is 18.3 Å². The van der Waals surface area contributed by atoms with E-state index in [-0.39, 0.29) is 0 Å². The Balaban J connectivity index is 2.05. The zero-order chi connectivity index (χ0) is 12.3. The van der Waals surface area contributed by atoms with Crippen LogP contribution in [0.3, 0.4) is 0 Å². The molecule has 2 aromatic rings. The first-order valence-corrected chi connectivity index (χ1v) is 5.17. The van der Waals surface area contributed by atoms with Crippen molar-refractivity contribution in [1.29, 1.82) is 0 Å². The summed E-state index contributed by atoms with van der Waals surface area (Å²) in [6, 6.07) is 5.06. The molecule has 0 saturated heterocycles. The highest BCUT2D eigenvalue weighted by atomic mass is 16.3. The van der Waals surface area contributed by atoms with Crippen molar-refractivity contribution >= 4 is 0 Å². The summed E-state index contributed by atoms with van der Waals surface area (Å²) in [7, 11) is 1.88. The van der Waals surface area contributed by atoms with Crippen LogP contribution in [-0.4, -0.2) is 21.9 Å². The molecule has 0 aliphatic rings. The van der Waals surface area contributed by atoms with Crippen molar-refractivity contribution in [2.24, 2.45) is 0 Å². The van der Waals surface area contributed by atoms with E-state index in [4.69, 9.17) is 4.42 Å². The minimum absolute atomic E-state index is 0.393. The maximum atomic E-state index is 11.1. The number of nitrogens with zero attached hydrogens (tertiary/aromatic N) is 1. The Bertz CT molecular complexity index is 554. The van der Waals surface area contributed by atoms with E-state index in [1.165, 1.54) is 6.07 Å². The number of aromatic amines is 2. The molecule has 2 aromatic heterocycles. The molecule has 0 aliphatic carbocycles. The number of H-pyrrole nitrogens is 2. The van der Waals surface area contributed by atoms with Crippen LogP contribution in [0.15, 0.2) is 38.5 Å². The van der Waals surface area contributed by atoms with Gasteiger partial charge in [0.1, 0.15) is 5.76 Å². The second-order valence-corrected chi connectivity index (χ2v) is 3.86. The van der Waals surface area contributed by atoms with E-state index < -0.39 is 11.2 Å². The van der Waals surface area contributed by atoms with E-state index in [1.807, 2.05) is 24.1 Å². The molecular weight excluding hydrogens is 222 g/mol. The van der Waals surface area contributed by atoms with Crippen molar-refractivity contribution in [3.63, 3.8) is 0 Å². The number of aromatic nitrogens is 2. The largest absolute Gasteiger partial charge is 0.468 e. The van der Waals surface area contributed by atoms with Gasteiger partial charge in [-0.15, -0.1) is 0 Å². The highest BCUT2D eigenvalue weighted by Crippen LogP contribution is 2.05. The number of rotatable bonds is 4. The Labute approximate surface area is 96.9 Å². The fourth-order valence-corrected chi connectivity index (χ4v) is 1.62. The molecule has 0 saturated carbocycles. The van der Waals surface area contributed by atoms with Crippen LogP contribution in [0.5, 0.6) is 0 Å². The lowest BCUT2D eigenvalue weighted by molar-refractivity contribution is 0.284. The lowest BCUT2D eigenvalue weighted by atomic mass is 10.3. The van der Waals surface area contributed by atoms with Crippen LogP contribution in [-0.2, 0) is 13.1 Å². The first-order chi connectivity index (χ1) is 8.13. The van der Waals surface area contributed by atoms with Gasteiger partial charge < -0.3 is 9.40 Å². The molecule has 0 fully saturated rings. The summed E-state index contributed by atoms with van der Waals surface area (Å²) >= 11 is 0. The van der Waals surface area contributed by atoms with E-state index in [0.717, 1.165) is 5.76 Å². The summed E-state index contributed by atoms with van der Waals surface area (Å²) in [5, 5.41) is 0. The Kier molecular flexibility index (Phi) is 3.24. The molecule has 0 bridgehead atoms. The summed E-state index contributed by atoms with van der Waals surface area (Å²) in [6.07, 6.45) is 1.61. The average Bonchev–Trinajstić information content (AvgIpc) is 2.67. The second kappa shape index (κ2) is 4.84. The topological polar surface area (TPSA) is 82.1 Å². The molecular formula is C11H13N3O3. The fourth-order valence-electron chi connectivity index (χ4n) is 1.62. The fraction of sp³-hybridized carbons (Fsp3) is 0.273. The number of furan rings is 1. The van der Waals surface area contributed by atoms with Crippen molar-refractivity contribution in [2.75, 3.05) is 7.05 Å². The Hall–Kier alpha value is -2.08. The lowest BCUT2D eigenvalue weighted by Crippen LogP contribution is -2.26. The van der Waals surface area contributed by atoms with E-state index in [0.29, 0.717) is 18.8 Å². The zero-order valence-electron chi connectivity index (χ0n) is 9.40. The maximum Gasteiger partial charge on any atom is 0.325 e. The Morgan fingerprint density at radius 1 is 1.29 bits per heavy atom. The van der Waals surface area contributed by atoms with Gasteiger partial charge in [-0.25, -0.2) is 4.79 Å². The van der Waals surface area contributed by atoms with E-state index >= 15 is 0 Å². The van der Waals surface area contributed by atoms with Crippen molar-refractivity contribution in [3.05, 3.63) is 56.8 Å². The first kappa shape index (κ1) is 11.4. The van der Waals surface area contributed by atoms with Gasteiger partial charge in [-0.1, -0.05) is 0 Å². The van der Waals surface area contributed by atoms with Crippen molar-refractivity contribution in [3.8, 4) is 0 Å². The third-order valence-electron chi connectivity index (χ3n) is 2.26. The summed E-state index contributed by atoms with van der Waals surface area (Å²) in [5.41, 5.74) is -0.304. The van der Waals surface area contributed by atoms with Crippen LogP contribution >= 0.6 is 0 Å². The van der Waals surface area contributed by atoms with E-state index in [9.17, 15) is 9.59 Å². The molecule has 2 N–H and O–H groups in total. The molecule has 6 nitrogen and oxygen atoms in total. The number of hydrogen-bond donors (Lipinski definition) is 2. The highest BCUT2D eigenvalue weighted by Gasteiger charge is 2.05. The van der Waals surface area contributed by atoms with E-state index in [1.54, 1.807) is 6.26 Å². The van der Waals surface area contributed by atoms with Crippen LogP contribution in [0, 0.1) is 0 Å². The van der Waals surface area contributed by atoms with E-state index in [2.05, 4.69) is 9.97 Å². The molecule has 0 unspecified atom stereocenters. The molecule has 0 amide bonds. The van der Waals surface area contributed by atoms with Gasteiger partial charge in [-0.2, -0.15) is 0 Å². The molecule has 0 radical (unpaired) electrons. The van der Waals surface area contributed by atoms with Crippen LogP contribution in [0.1, 0.15) is 11.5 Å².